The molecule has 3 atom stereocenters. The van der Waals surface area contributed by atoms with Crippen LogP contribution in [0.1, 0.15) is 46.7 Å². The number of benzene rings is 5. The largest absolute Gasteiger partial charge is 2.00 e. The Morgan fingerprint density at radius 2 is 1.54 bits per heavy atom. The van der Waals surface area contributed by atoms with E-state index in [2.05, 4.69) is 37.9 Å². The molecule has 8 rings (SSSR count). The molecule has 1 saturated heterocycles. The molecular weight excluding hydrogens is 791 g/mol. The molecule has 1 fully saturated rings. The quantitative estimate of drug-likeness (QED) is 0.0967. The van der Waals surface area contributed by atoms with Crippen molar-refractivity contribution in [1.82, 2.24) is 4.90 Å². The van der Waals surface area contributed by atoms with Gasteiger partial charge in [0.25, 0.3) is 0 Å². The maximum atomic E-state index is 14.0. The van der Waals surface area contributed by atoms with E-state index in [-0.39, 0.29) is 35.2 Å². The number of carbonyl (C=O) groups excluding carboxylic acids is 1. The van der Waals surface area contributed by atoms with Crippen molar-refractivity contribution in [2.45, 2.75) is 43.9 Å². The fourth-order valence-electron chi connectivity index (χ4n) is 7.67. The van der Waals surface area contributed by atoms with Gasteiger partial charge in [-0.05, 0) is 90.9 Å². The second kappa shape index (κ2) is 16.6. The summed E-state index contributed by atoms with van der Waals surface area (Å²) in [6.07, 6.45) is 2.29. The second-order valence-electron chi connectivity index (χ2n) is 13.5. The second-order valence-corrected chi connectivity index (χ2v) is 14.4. The van der Waals surface area contributed by atoms with Crippen molar-refractivity contribution in [3.63, 3.8) is 0 Å². The number of likely N-dealkylation sites (tertiary alicyclic amines) is 1. The predicted molar refractivity (Wildman–Crippen MR) is 205 cm³/mol. The van der Waals surface area contributed by atoms with Crippen LogP contribution in [0.5, 0.6) is 11.5 Å². The SMILES string of the molecule is O=C([O-])[C@@H](N=C(c1ccccc1)c1ccccc1N=C([O-])[C@@H]1CCCN1Cc1ccccc1)[C@H]1c2cc3c(cc2CCN1c1ccc(Br)cc1)OCO3.[Ni+2]. The molecule has 3 heterocycles. The van der Waals surface area contributed by atoms with Gasteiger partial charge in [-0.1, -0.05) is 94.8 Å². The average Bonchev–Trinajstić information content (AvgIpc) is 3.85. The predicted octanol–water partition coefficient (Wildman–Crippen LogP) is 5.99. The van der Waals surface area contributed by atoms with Gasteiger partial charge in [0.2, 0.25) is 6.79 Å². The Morgan fingerprint density at radius 1 is 0.852 bits per heavy atom. The Bertz CT molecular complexity index is 2170. The van der Waals surface area contributed by atoms with E-state index in [1.54, 1.807) is 6.07 Å². The molecule has 5 aromatic rings. The number of carboxylic acids is 1. The van der Waals surface area contributed by atoms with Crippen LogP contribution in [0.25, 0.3) is 0 Å². The minimum atomic E-state index is -1.37. The molecule has 3 aliphatic heterocycles. The third-order valence-electron chi connectivity index (χ3n) is 10.2. The molecule has 0 N–H and O–H groups in total. The van der Waals surface area contributed by atoms with E-state index < -0.39 is 18.1 Å². The summed E-state index contributed by atoms with van der Waals surface area (Å²) in [5.74, 6) is -0.355. The zero-order chi connectivity index (χ0) is 36.3. The van der Waals surface area contributed by atoms with Crippen molar-refractivity contribution in [1.29, 1.82) is 0 Å². The first kappa shape index (κ1) is 37.4. The molecule has 0 radical (unpaired) electrons. The van der Waals surface area contributed by atoms with E-state index in [4.69, 9.17) is 19.5 Å². The summed E-state index contributed by atoms with van der Waals surface area (Å²) < 4.78 is 12.4. The Balaban J connectivity index is 0.00000450. The van der Waals surface area contributed by atoms with Crippen molar-refractivity contribution < 1.29 is 41.0 Å². The third-order valence-corrected chi connectivity index (χ3v) is 10.7. The van der Waals surface area contributed by atoms with Gasteiger partial charge in [-0.3, -0.25) is 14.9 Å². The number of halogens is 1. The molecule has 0 amide bonds. The number of aliphatic imine (C=N–C) groups is 2. The first-order valence-corrected chi connectivity index (χ1v) is 18.6. The van der Waals surface area contributed by atoms with Crippen LogP contribution in [0.15, 0.2) is 136 Å². The fourth-order valence-corrected chi connectivity index (χ4v) is 7.93. The van der Waals surface area contributed by atoms with Crippen molar-refractivity contribution in [3.8, 4) is 11.5 Å². The van der Waals surface area contributed by atoms with E-state index >= 15 is 0 Å². The van der Waals surface area contributed by atoms with E-state index in [9.17, 15) is 15.0 Å². The van der Waals surface area contributed by atoms with Crippen molar-refractivity contribution in [3.05, 3.63) is 154 Å². The summed E-state index contributed by atoms with van der Waals surface area (Å²) in [4.78, 5) is 27.6. The zero-order valence-electron chi connectivity index (χ0n) is 29.3. The Labute approximate surface area is 333 Å². The van der Waals surface area contributed by atoms with Crippen LogP contribution in [0.2, 0.25) is 0 Å². The van der Waals surface area contributed by atoms with Crippen LogP contribution in [0, 0.1) is 0 Å². The van der Waals surface area contributed by atoms with E-state index in [0.717, 1.165) is 46.2 Å². The fraction of sp³-hybridized carbons (Fsp3) is 0.233. The molecule has 9 nitrogen and oxygen atoms in total. The number of carbonyl (C=O) groups is 1. The normalized spacial score (nSPS) is 18.9. The average molecular weight is 828 g/mol. The van der Waals surface area contributed by atoms with Crippen LogP contribution in [-0.2, 0) is 34.3 Å². The van der Waals surface area contributed by atoms with Gasteiger partial charge in [0.15, 0.2) is 11.5 Å². The van der Waals surface area contributed by atoms with Gasteiger partial charge in [0, 0.05) is 40.4 Å². The van der Waals surface area contributed by atoms with E-state index in [1.807, 2.05) is 103 Å². The summed E-state index contributed by atoms with van der Waals surface area (Å²) >= 11 is 3.53. The van der Waals surface area contributed by atoms with E-state index in [1.165, 1.54) is 0 Å². The van der Waals surface area contributed by atoms with Gasteiger partial charge >= 0.3 is 16.5 Å². The van der Waals surface area contributed by atoms with Gasteiger partial charge in [-0.2, -0.15) is 0 Å². The van der Waals surface area contributed by atoms with Gasteiger partial charge in [0.05, 0.1) is 23.4 Å². The standard InChI is InChI=1S/C43H39BrN4O5.Ni/c44-31-17-19-32(20-18-31)48-23-21-30-24-37-38(53-27-52-37)25-34(30)41(48)40(43(50)51)46-39(29-12-5-2-6-13-29)33-14-7-8-15-35(33)45-42(49)36-16-9-22-47(36)26-28-10-3-1-4-11-28;/h1-8,10-15,17-20,24-25,36,40-41H,9,16,21-23,26-27H2,(H,45,49)(H,50,51);/q;+2/p-2/t36-,40-,41+;/m0./s1. The molecule has 0 unspecified atom stereocenters. The third kappa shape index (κ3) is 7.80. The van der Waals surface area contributed by atoms with Crippen LogP contribution < -0.4 is 24.6 Å². The summed E-state index contributed by atoms with van der Waals surface area (Å²) in [6, 6.07) is 36.1. The smallest absolute Gasteiger partial charge is 0.861 e. The monoisotopic (exact) mass is 826 g/mol. The number of para-hydroxylation sites is 1. The summed E-state index contributed by atoms with van der Waals surface area (Å²) in [7, 11) is 0. The topological polar surface area (TPSA) is 113 Å². The molecular formula is C43H37BrN4NiO5. The van der Waals surface area contributed by atoms with Gasteiger partial charge in [-0.15, -0.1) is 0 Å². The molecule has 276 valence electrons. The first-order valence-electron chi connectivity index (χ1n) is 17.8. The molecule has 11 heteroatoms. The number of carboxylic acid groups (broad SMARTS) is 1. The Kier molecular flexibility index (Phi) is 11.5. The number of hydrogen-bond acceptors (Lipinski definition) is 9. The number of nitrogens with zero attached hydrogens (tertiary/aromatic N) is 4. The maximum absolute atomic E-state index is 14.0. The minimum absolute atomic E-state index is 0. The van der Waals surface area contributed by atoms with Gasteiger partial charge in [0.1, 0.15) is 6.04 Å². The number of ether oxygens (including phenoxy) is 2. The maximum Gasteiger partial charge on any atom is 2.00 e. The van der Waals surface area contributed by atoms with Crippen molar-refractivity contribution in [2.24, 2.45) is 9.98 Å². The zero-order valence-corrected chi connectivity index (χ0v) is 31.8. The van der Waals surface area contributed by atoms with Crippen LogP contribution in [-0.4, -0.2) is 54.4 Å². The van der Waals surface area contributed by atoms with Crippen LogP contribution in [0.4, 0.5) is 11.4 Å². The van der Waals surface area contributed by atoms with Crippen LogP contribution >= 0.6 is 15.9 Å². The molecule has 0 aliphatic carbocycles. The summed E-state index contributed by atoms with van der Waals surface area (Å²) in [6.45, 7) is 2.12. The molecule has 54 heavy (non-hydrogen) atoms. The van der Waals surface area contributed by atoms with E-state index in [0.29, 0.717) is 53.5 Å². The Hall–Kier alpha value is -4.96. The van der Waals surface area contributed by atoms with Gasteiger partial charge in [-0.25, -0.2) is 0 Å². The first-order chi connectivity index (χ1) is 25.9. The van der Waals surface area contributed by atoms with Gasteiger partial charge < -0.3 is 29.4 Å². The molecule has 0 aromatic heterocycles. The molecule has 3 aliphatic rings. The number of aliphatic carboxylic acids is 1. The number of anilines is 1. The summed E-state index contributed by atoms with van der Waals surface area (Å²) in [5, 5.41) is 27.5. The number of fused-ring (bicyclic) bond motifs is 2. The molecule has 0 bridgehead atoms. The Morgan fingerprint density at radius 3 is 2.28 bits per heavy atom. The summed E-state index contributed by atoms with van der Waals surface area (Å²) in [5.41, 5.74) is 5.82. The number of rotatable bonds is 10. The van der Waals surface area contributed by atoms with Crippen LogP contribution in [0.3, 0.4) is 0 Å². The molecule has 5 aromatic carbocycles. The minimum Gasteiger partial charge on any atom is -0.861 e. The number of hydrogen-bond donors (Lipinski definition) is 0. The van der Waals surface area contributed by atoms with Crippen molar-refractivity contribution in [2.75, 3.05) is 24.8 Å². The molecule has 0 spiro atoms. The van der Waals surface area contributed by atoms with Crippen molar-refractivity contribution >= 4 is 44.9 Å². The molecule has 0 saturated carbocycles.